The van der Waals surface area contributed by atoms with Crippen molar-refractivity contribution < 1.29 is 4.74 Å². The van der Waals surface area contributed by atoms with Gasteiger partial charge in [-0.2, -0.15) is 0 Å². The number of rotatable bonds is 4. The zero-order valence-corrected chi connectivity index (χ0v) is 10.8. The SMILES string of the molecule is CC(C)C1CC(NCc2cncs2)CCO1. The minimum Gasteiger partial charge on any atom is -0.378 e. The minimum atomic E-state index is 0.424. The summed E-state index contributed by atoms with van der Waals surface area (Å²) in [7, 11) is 0. The second kappa shape index (κ2) is 5.75. The number of hydrogen-bond acceptors (Lipinski definition) is 4. The average molecular weight is 240 g/mol. The molecule has 16 heavy (non-hydrogen) atoms. The maximum absolute atomic E-state index is 5.76. The first-order valence-electron chi connectivity index (χ1n) is 5.98. The highest BCUT2D eigenvalue weighted by atomic mass is 32.1. The molecule has 2 unspecified atom stereocenters. The Morgan fingerprint density at radius 2 is 2.50 bits per heavy atom. The third-order valence-corrected chi connectivity index (χ3v) is 3.89. The lowest BCUT2D eigenvalue weighted by Crippen LogP contribution is -2.40. The highest BCUT2D eigenvalue weighted by molar-refractivity contribution is 7.09. The highest BCUT2D eigenvalue weighted by Crippen LogP contribution is 2.20. The van der Waals surface area contributed by atoms with E-state index in [1.807, 2.05) is 11.7 Å². The van der Waals surface area contributed by atoms with Gasteiger partial charge in [0.05, 0.1) is 11.6 Å². The van der Waals surface area contributed by atoms with E-state index in [4.69, 9.17) is 4.74 Å². The highest BCUT2D eigenvalue weighted by Gasteiger charge is 2.24. The van der Waals surface area contributed by atoms with Crippen LogP contribution in [-0.2, 0) is 11.3 Å². The van der Waals surface area contributed by atoms with E-state index in [2.05, 4.69) is 24.1 Å². The number of hydrogen-bond donors (Lipinski definition) is 1. The van der Waals surface area contributed by atoms with Crippen molar-refractivity contribution in [1.82, 2.24) is 10.3 Å². The summed E-state index contributed by atoms with van der Waals surface area (Å²) in [6.07, 6.45) is 4.63. The molecule has 1 aromatic rings. The van der Waals surface area contributed by atoms with Gasteiger partial charge in [-0.1, -0.05) is 13.8 Å². The second-order valence-corrected chi connectivity index (χ2v) is 5.69. The molecule has 0 radical (unpaired) electrons. The number of nitrogens with zero attached hydrogens (tertiary/aromatic N) is 1. The van der Waals surface area contributed by atoms with Gasteiger partial charge in [-0.05, 0) is 18.8 Å². The molecule has 0 spiro atoms. The van der Waals surface area contributed by atoms with Crippen LogP contribution in [0.5, 0.6) is 0 Å². The monoisotopic (exact) mass is 240 g/mol. The fourth-order valence-corrected chi connectivity index (χ4v) is 2.60. The van der Waals surface area contributed by atoms with Crippen molar-refractivity contribution in [2.24, 2.45) is 5.92 Å². The molecule has 1 aromatic heterocycles. The summed E-state index contributed by atoms with van der Waals surface area (Å²) in [6, 6.07) is 0.600. The number of ether oxygens (including phenoxy) is 1. The Kier molecular flexibility index (Phi) is 4.32. The van der Waals surface area contributed by atoms with Gasteiger partial charge >= 0.3 is 0 Å². The molecule has 0 aromatic carbocycles. The third kappa shape index (κ3) is 3.27. The quantitative estimate of drug-likeness (QED) is 0.877. The smallest absolute Gasteiger partial charge is 0.0794 e. The molecular formula is C12H20N2OS. The van der Waals surface area contributed by atoms with E-state index < -0.39 is 0 Å². The molecule has 2 rings (SSSR count). The van der Waals surface area contributed by atoms with Gasteiger partial charge in [0, 0.05) is 30.3 Å². The summed E-state index contributed by atoms with van der Waals surface area (Å²) in [6.45, 7) is 6.30. The molecule has 4 heteroatoms. The zero-order valence-electron chi connectivity index (χ0n) is 9.98. The first-order chi connectivity index (χ1) is 7.75. The van der Waals surface area contributed by atoms with Crippen LogP contribution in [0.25, 0.3) is 0 Å². The molecule has 2 atom stereocenters. The van der Waals surface area contributed by atoms with E-state index >= 15 is 0 Å². The molecule has 0 saturated carbocycles. The van der Waals surface area contributed by atoms with Crippen molar-refractivity contribution in [2.75, 3.05) is 6.61 Å². The third-order valence-electron chi connectivity index (χ3n) is 3.11. The van der Waals surface area contributed by atoms with E-state index in [1.165, 1.54) is 4.88 Å². The maximum atomic E-state index is 5.76. The predicted molar refractivity (Wildman–Crippen MR) is 66.6 cm³/mol. The molecule has 1 N–H and O–H groups in total. The Hall–Kier alpha value is -0.450. The summed E-state index contributed by atoms with van der Waals surface area (Å²) in [5, 5.41) is 3.60. The maximum Gasteiger partial charge on any atom is 0.0794 e. The van der Waals surface area contributed by atoms with Crippen LogP contribution in [-0.4, -0.2) is 23.7 Å². The molecule has 90 valence electrons. The average Bonchev–Trinajstić information content (AvgIpc) is 2.79. The molecule has 1 aliphatic rings. The molecule has 2 heterocycles. The summed E-state index contributed by atoms with van der Waals surface area (Å²) in [5.41, 5.74) is 1.89. The molecule has 0 amide bonds. The van der Waals surface area contributed by atoms with Crippen molar-refractivity contribution in [3.05, 3.63) is 16.6 Å². The summed E-state index contributed by atoms with van der Waals surface area (Å²) in [4.78, 5) is 5.40. The second-order valence-electron chi connectivity index (χ2n) is 4.72. The molecule has 1 fully saturated rings. The van der Waals surface area contributed by atoms with E-state index in [-0.39, 0.29) is 0 Å². The largest absolute Gasteiger partial charge is 0.378 e. The van der Waals surface area contributed by atoms with Crippen LogP contribution in [0.15, 0.2) is 11.7 Å². The van der Waals surface area contributed by atoms with Crippen LogP contribution < -0.4 is 5.32 Å². The fourth-order valence-electron chi connectivity index (χ4n) is 2.05. The van der Waals surface area contributed by atoms with Crippen molar-refractivity contribution in [1.29, 1.82) is 0 Å². The summed E-state index contributed by atoms with van der Waals surface area (Å²) >= 11 is 1.71. The lowest BCUT2D eigenvalue weighted by Gasteiger charge is -2.32. The number of nitrogens with one attached hydrogen (secondary N) is 1. The Bertz CT molecular complexity index is 300. The van der Waals surface area contributed by atoms with Gasteiger partial charge in [0.15, 0.2) is 0 Å². The topological polar surface area (TPSA) is 34.2 Å². The summed E-state index contributed by atoms with van der Waals surface area (Å²) < 4.78 is 5.76. The van der Waals surface area contributed by atoms with E-state index in [0.717, 1.165) is 26.0 Å². The molecule has 0 aliphatic carbocycles. The van der Waals surface area contributed by atoms with Crippen molar-refractivity contribution in [2.45, 2.75) is 45.4 Å². The van der Waals surface area contributed by atoms with E-state index in [1.54, 1.807) is 11.3 Å². The number of aromatic nitrogens is 1. The van der Waals surface area contributed by atoms with Crippen LogP contribution in [0.2, 0.25) is 0 Å². The van der Waals surface area contributed by atoms with Crippen LogP contribution in [0.1, 0.15) is 31.6 Å². The lowest BCUT2D eigenvalue weighted by atomic mass is 9.95. The Morgan fingerprint density at radius 1 is 1.62 bits per heavy atom. The molecule has 1 saturated heterocycles. The lowest BCUT2D eigenvalue weighted by molar-refractivity contribution is -0.0245. The van der Waals surface area contributed by atoms with E-state index in [0.29, 0.717) is 18.1 Å². The van der Waals surface area contributed by atoms with Crippen LogP contribution in [0, 0.1) is 5.92 Å². The van der Waals surface area contributed by atoms with E-state index in [9.17, 15) is 0 Å². The van der Waals surface area contributed by atoms with Gasteiger partial charge in [-0.3, -0.25) is 4.98 Å². The molecule has 1 aliphatic heterocycles. The standard InChI is InChI=1S/C12H20N2OS/c1-9(2)12-5-10(3-4-15-12)14-7-11-6-13-8-16-11/h6,8-10,12,14H,3-5,7H2,1-2H3. The Balaban J connectivity index is 1.77. The van der Waals surface area contributed by atoms with Gasteiger partial charge in [-0.25, -0.2) is 0 Å². The van der Waals surface area contributed by atoms with Crippen LogP contribution in [0.3, 0.4) is 0 Å². The van der Waals surface area contributed by atoms with Crippen molar-refractivity contribution >= 4 is 11.3 Å². The normalized spacial score (nSPS) is 26.2. The van der Waals surface area contributed by atoms with Gasteiger partial charge in [0.25, 0.3) is 0 Å². The van der Waals surface area contributed by atoms with Gasteiger partial charge in [0.2, 0.25) is 0 Å². The fraction of sp³-hybridized carbons (Fsp3) is 0.750. The van der Waals surface area contributed by atoms with Gasteiger partial charge in [0.1, 0.15) is 0 Å². The Labute approximate surface area is 101 Å². The first-order valence-corrected chi connectivity index (χ1v) is 6.86. The zero-order chi connectivity index (χ0) is 11.4. The summed E-state index contributed by atoms with van der Waals surface area (Å²) in [5.74, 6) is 0.619. The Morgan fingerprint density at radius 3 is 3.19 bits per heavy atom. The molecule has 0 bridgehead atoms. The minimum absolute atomic E-state index is 0.424. The first kappa shape index (κ1) is 12.0. The van der Waals surface area contributed by atoms with Crippen LogP contribution >= 0.6 is 11.3 Å². The van der Waals surface area contributed by atoms with Gasteiger partial charge < -0.3 is 10.1 Å². The van der Waals surface area contributed by atoms with Gasteiger partial charge in [-0.15, -0.1) is 11.3 Å². The molecular weight excluding hydrogens is 220 g/mol. The predicted octanol–water partition coefficient (Wildman–Crippen LogP) is 2.44. The van der Waals surface area contributed by atoms with Crippen LogP contribution in [0.4, 0.5) is 0 Å². The van der Waals surface area contributed by atoms with Crippen molar-refractivity contribution in [3.8, 4) is 0 Å². The molecule has 3 nitrogen and oxygen atoms in total. The van der Waals surface area contributed by atoms with Crippen molar-refractivity contribution in [3.63, 3.8) is 0 Å². The number of thiazole rings is 1.